The molecule has 5 nitrogen and oxygen atoms in total. The minimum atomic E-state index is 0.512. The van der Waals surface area contributed by atoms with Crippen LogP contribution >= 0.6 is 0 Å². The summed E-state index contributed by atoms with van der Waals surface area (Å²) in [5.74, 6) is 1.80. The van der Waals surface area contributed by atoms with E-state index in [1.54, 1.807) is 6.33 Å². The van der Waals surface area contributed by atoms with Gasteiger partial charge in [0.25, 0.3) is 0 Å². The molecule has 88 valence electrons. The standard InChI is InChI=1S/C11H19N5/c1-2-3-4-13-10-5-11(15-8-14-10)16-9-6-12-7-9/h5,8-9,12H,2-4,6-7H2,1H3,(H2,13,14,15,16). The van der Waals surface area contributed by atoms with Crippen molar-refractivity contribution in [1.29, 1.82) is 0 Å². The Balaban J connectivity index is 1.85. The van der Waals surface area contributed by atoms with Crippen LogP contribution in [0.5, 0.6) is 0 Å². The number of hydrogen-bond acceptors (Lipinski definition) is 5. The van der Waals surface area contributed by atoms with Crippen molar-refractivity contribution < 1.29 is 0 Å². The molecule has 0 aliphatic carbocycles. The average molecular weight is 221 g/mol. The SMILES string of the molecule is CCCCNc1cc(NC2CNC2)ncn1. The van der Waals surface area contributed by atoms with Crippen LogP contribution in [0.1, 0.15) is 19.8 Å². The summed E-state index contributed by atoms with van der Waals surface area (Å²) in [6.45, 7) is 5.18. The highest BCUT2D eigenvalue weighted by molar-refractivity contribution is 5.47. The summed E-state index contributed by atoms with van der Waals surface area (Å²) in [6, 6.07) is 2.48. The predicted molar refractivity (Wildman–Crippen MR) is 65.7 cm³/mol. The van der Waals surface area contributed by atoms with Crippen molar-refractivity contribution in [3.8, 4) is 0 Å². The van der Waals surface area contributed by atoms with Crippen LogP contribution in [0, 0.1) is 0 Å². The van der Waals surface area contributed by atoms with Gasteiger partial charge in [-0.25, -0.2) is 9.97 Å². The fraction of sp³-hybridized carbons (Fsp3) is 0.636. The van der Waals surface area contributed by atoms with Crippen LogP contribution in [0.25, 0.3) is 0 Å². The van der Waals surface area contributed by atoms with Gasteiger partial charge in [-0.2, -0.15) is 0 Å². The molecule has 1 aromatic rings. The van der Waals surface area contributed by atoms with E-state index < -0.39 is 0 Å². The first-order valence-corrected chi connectivity index (χ1v) is 5.91. The Morgan fingerprint density at radius 2 is 2.19 bits per heavy atom. The second-order valence-corrected chi connectivity index (χ2v) is 4.07. The second-order valence-electron chi connectivity index (χ2n) is 4.07. The second kappa shape index (κ2) is 5.65. The first kappa shape index (κ1) is 11.1. The molecule has 16 heavy (non-hydrogen) atoms. The molecule has 1 saturated heterocycles. The van der Waals surface area contributed by atoms with E-state index in [9.17, 15) is 0 Å². The molecule has 0 saturated carbocycles. The lowest BCUT2D eigenvalue weighted by Crippen LogP contribution is -2.51. The molecule has 5 heteroatoms. The first-order valence-electron chi connectivity index (χ1n) is 5.91. The normalized spacial score (nSPS) is 15.6. The van der Waals surface area contributed by atoms with Gasteiger partial charge in [0.15, 0.2) is 0 Å². The Morgan fingerprint density at radius 1 is 1.38 bits per heavy atom. The van der Waals surface area contributed by atoms with Gasteiger partial charge in [0.2, 0.25) is 0 Å². The average Bonchev–Trinajstić information content (AvgIpc) is 2.25. The third kappa shape index (κ3) is 3.06. The van der Waals surface area contributed by atoms with E-state index in [-0.39, 0.29) is 0 Å². The van der Waals surface area contributed by atoms with Gasteiger partial charge in [0, 0.05) is 25.7 Å². The molecular weight excluding hydrogens is 202 g/mol. The molecule has 0 spiro atoms. The van der Waals surface area contributed by atoms with E-state index in [2.05, 4.69) is 32.8 Å². The molecule has 0 aromatic carbocycles. The van der Waals surface area contributed by atoms with Crippen molar-refractivity contribution in [3.63, 3.8) is 0 Å². The molecule has 0 unspecified atom stereocenters. The van der Waals surface area contributed by atoms with E-state index >= 15 is 0 Å². The topological polar surface area (TPSA) is 61.9 Å². The van der Waals surface area contributed by atoms with Crippen LogP contribution in [0.4, 0.5) is 11.6 Å². The number of anilines is 2. The predicted octanol–water partition coefficient (Wildman–Crippen LogP) is 1.07. The van der Waals surface area contributed by atoms with Crippen LogP contribution in [-0.2, 0) is 0 Å². The number of nitrogens with zero attached hydrogens (tertiary/aromatic N) is 2. The van der Waals surface area contributed by atoms with Crippen molar-refractivity contribution in [3.05, 3.63) is 12.4 Å². The summed E-state index contributed by atoms with van der Waals surface area (Å²) in [5.41, 5.74) is 0. The van der Waals surface area contributed by atoms with Crippen LogP contribution in [0.3, 0.4) is 0 Å². The quantitative estimate of drug-likeness (QED) is 0.627. The van der Waals surface area contributed by atoms with E-state index in [0.29, 0.717) is 6.04 Å². The molecule has 1 aromatic heterocycles. The Kier molecular flexibility index (Phi) is 3.93. The van der Waals surface area contributed by atoms with Gasteiger partial charge in [0.05, 0.1) is 6.04 Å². The lowest BCUT2D eigenvalue weighted by atomic mass is 10.2. The minimum Gasteiger partial charge on any atom is -0.370 e. The van der Waals surface area contributed by atoms with Crippen LogP contribution < -0.4 is 16.0 Å². The largest absolute Gasteiger partial charge is 0.370 e. The Hall–Kier alpha value is -1.36. The number of unbranched alkanes of at least 4 members (excludes halogenated alkanes) is 1. The zero-order valence-electron chi connectivity index (χ0n) is 9.66. The highest BCUT2D eigenvalue weighted by Crippen LogP contribution is 2.11. The molecule has 3 N–H and O–H groups in total. The van der Waals surface area contributed by atoms with Crippen molar-refractivity contribution in [2.24, 2.45) is 0 Å². The van der Waals surface area contributed by atoms with Crippen molar-refractivity contribution in [1.82, 2.24) is 15.3 Å². The monoisotopic (exact) mass is 221 g/mol. The van der Waals surface area contributed by atoms with Gasteiger partial charge in [-0.3, -0.25) is 0 Å². The van der Waals surface area contributed by atoms with Crippen molar-refractivity contribution in [2.45, 2.75) is 25.8 Å². The smallest absolute Gasteiger partial charge is 0.131 e. The van der Waals surface area contributed by atoms with E-state index in [1.807, 2.05) is 6.07 Å². The number of nitrogens with one attached hydrogen (secondary N) is 3. The molecule has 1 fully saturated rings. The maximum atomic E-state index is 4.20. The van der Waals surface area contributed by atoms with Gasteiger partial charge in [-0.15, -0.1) is 0 Å². The summed E-state index contributed by atoms with van der Waals surface area (Å²) in [6.07, 6.45) is 3.96. The van der Waals surface area contributed by atoms with Gasteiger partial charge in [0.1, 0.15) is 18.0 Å². The summed E-state index contributed by atoms with van der Waals surface area (Å²) in [4.78, 5) is 8.38. The van der Waals surface area contributed by atoms with Crippen molar-refractivity contribution >= 4 is 11.6 Å². The molecule has 0 amide bonds. The minimum absolute atomic E-state index is 0.512. The molecule has 2 rings (SSSR count). The number of hydrogen-bond donors (Lipinski definition) is 3. The van der Waals surface area contributed by atoms with Gasteiger partial charge in [-0.05, 0) is 6.42 Å². The molecule has 1 aliphatic rings. The third-order valence-corrected chi connectivity index (χ3v) is 2.64. The highest BCUT2D eigenvalue weighted by Gasteiger charge is 2.16. The molecule has 0 radical (unpaired) electrons. The number of aromatic nitrogens is 2. The fourth-order valence-electron chi connectivity index (χ4n) is 1.53. The maximum absolute atomic E-state index is 4.20. The van der Waals surface area contributed by atoms with Crippen LogP contribution in [0.15, 0.2) is 12.4 Å². The third-order valence-electron chi connectivity index (χ3n) is 2.64. The fourth-order valence-corrected chi connectivity index (χ4v) is 1.53. The molecule has 0 atom stereocenters. The number of rotatable bonds is 6. The summed E-state index contributed by atoms with van der Waals surface area (Å²) >= 11 is 0. The maximum Gasteiger partial charge on any atom is 0.131 e. The summed E-state index contributed by atoms with van der Waals surface area (Å²) in [5, 5.41) is 9.86. The lowest BCUT2D eigenvalue weighted by molar-refractivity contribution is 0.471. The molecule has 1 aliphatic heterocycles. The Bertz CT molecular complexity index is 324. The van der Waals surface area contributed by atoms with E-state index in [1.165, 1.54) is 12.8 Å². The molecule has 2 heterocycles. The Labute approximate surface area is 96.1 Å². The van der Waals surface area contributed by atoms with Gasteiger partial charge in [-0.1, -0.05) is 13.3 Å². The summed E-state index contributed by atoms with van der Waals surface area (Å²) < 4.78 is 0. The zero-order valence-corrected chi connectivity index (χ0v) is 9.66. The molecular formula is C11H19N5. The first-order chi connectivity index (χ1) is 7.88. The lowest BCUT2D eigenvalue weighted by Gasteiger charge is -2.28. The van der Waals surface area contributed by atoms with E-state index in [4.69, 9.17) is 0 Å². The van der Waals surface area contributed by atoms with E-state index in [0.717, 1.165) is 31.3 Å². The van der Waals surface area contributed by atoms with Crippen LogP contribution in [-0.4, -0.2) is 35.6 Å². The van der Waals surface area contributed by atoms with Gasteiger partial charge < -0.3 is 16.0 Å². The van der Waals surface area contributed by atoms with Crippen LogP contribution in [0.2, 0.25) is 0 Å². The Morgan fingerprint density at radius 3 is 2.88 bits per heavy atom. The zero-order chi connectivity index (χ0) is 11.2. The van der Waals surface area contributed by atoms with Crippen molar-refractivity contribution in [2.75, 3.05) is 30.3 Å². The summed E-state index contributed by atoms with van der Waals surface area (Å²) in [7, 11) is 0. The molecule has 0 bridgehead atoms. The van der Waals surface area contributed by atoms with Gasteiger partial charge >= 0.3 is 0 Å². The highest BCUT2D eigenvalue weighted by atomic mass is 15.1.